The molecule has 0 bridgehead atoms. The van der Waals surface area contributed by atoms with Gasteiger partial charge in [-0.25, -0.2) is 4.79 Å². The van der Waals surface area contributed by atoms with Gasteiger partial charge in [0, 0.05) is 31.7 Å². The Morgan fingerprint density at radius 3 is 2.59 bits per heavy atom. The second kappa shape index (κ2) is 6.56. The molecule has 7 heteroatoms. The molecule has 0 unspecified atom stereocenters. The van der Waals surface area contributed by atoms with Gasteiger partial charge >= 0.3 is 12.2 Å². The lowest BCUT2D eigenvalue weighted by Gasteiger charge is -2.39. The van der Waals surface area contributed by atoms with Crippen LogP contribution in [0.5, 0.6) is 0 Å². The number of benzene rings is 1. The number of ether oxygens (including phenoxy) is 1. The quantitative estimate of drug-likeness (QED) is 0.897. The van der Waals surface area contributed by atoms with Crippen molar-refractivity contribution in [3.8, 4) is 0 Å². The first-order chi connectivity index (χ1) is 10.4. The molecular formula is C15H19F3N2O2. The fourth-order valence-electron chi connectivity index (χ4n) is 2.45. The van der Waals surface area contributed by atoms with Gasteiger partial charge in [0.1, 0.15) is 5.54 Å². The molecule has 1 fully saturated rings. The van der Waals surface area contributed by atoms with Crippen molar-refractivity contribution in [1.82, 2.24) is 5.32 Å². The number of hydrogen-bond acceptors (Lipinski definition) is 2. The predicted molar refractivity (Wildman–Crippen MR) is 76.8 cm³/mol. The van der Waals surface area contributed by atoms with Crippen LogP contribution in [0.1, 0.15) is 25.3 Å². The highest BCUT2D eigenvalue weighted by molar-refractivity contribution is 5.90. The van der Waals surface area contributed by atoms with Crippen LogP contribution < -0.4 is 10.6 Å². The van der Waals surface area contributed by atoms with Crippen molar-refractivity contribution < 1.29 is 22.7 Å². The van der Waals surface area contributed by atoms with Gasteiger partial charge in [0.25, 0.3) is 0 Å². The van der Waals surface area contributed by atoms with Crippen molar-refractivity contribution >= 4 is 11.7 Å². The molecule has 0 saturated carbocycles. The van der Waals surface area contributed by atoms with E-state index < -0.39 is 17.7 Å². The van der Waals surface area contributed by atoms with E-state index in [1.807, 2.05) is 13.0 Å². The summed E-state index contributed by atoms with van der Waals surface area (Å²) in [4.78, 5) is 12.0. The molecule has 2 N–H and O–H groups in total. The van der Waals surface area contributed by atoms with Crippen molar-refractivity contribution in [2.24, 2.45) is 0 Å². The second-order valence-corrected chi connectivity index (χ2v) is 5.33. The zero-order chi connectivity index (χ0) is 16.2. The Morgan fingerprint density at radius 1 is 1.32 bits per heavy atom. The molecule has 1 aliphatic heterocycles. The summed E-state index contributed by atoms with van der Waals surface area (Å²) in [5.74, 6) is 0. The molecule has 2 amide bonds. The summed E-state index contributed by atoms with van der Waals surface area (Å²) in [5, 5.41) is 4.57. The van der Waals surface area contributed by atoms with Crippen molar-refractivity contribution in [1.29, 1.82) is 0 Å². The summed E-state index contributed by atoms with van der Waals surface area (Å²) in [5.41, 5.74) is -0.756. The molecule has 0 aromatic heterocycles. The number of rotatable bonds is 3. The third kappa shape index (κ3) is 3.71. The van der Waals surface area contributed by atoms with Gasteiger partial charge in [0.05, 0.1) is 0 Å². The highest BCUT2D eigenvalue weighted by atomic mass is 19.4. The summed E-state index contributed by atoms with van der Waals surface area (Å²) in [6.45, 7) is 1.91. The van der Waals surface area contributed by atoms with Crippen LogP contribution in [0.25, 0.3) is 0 Å². The smallest absolute Gasteiger partial charge is 0.381 e. The van der Waals surface area contributed by atoms with E-state index in [1.54, 1.807) is 18.2 Å². The first-order valence-electron chi connectivity index (χ1n) is 7.19. The normalized spacial score (nSPS) is 17.8. The predicted octanol–water partition coefficient (Wildman–Crippen LogP) is 3.48. The van der Waals surface area contributed by atoms with E-state index in [1.165, 1.54) is 0 Å². The van der Waals surface area contributed by atoms with E-state index in [4.69, 9.17) is 4.74 Å². The van der Waals surface area contributed by atoms with Gasteiger partial charge in [-0.1, -0.05) is 19.1 Å². The average Bonchev–Trinajstić information content (AvgIpc) is 2.47. The Labute approximate surface area is 127 Å². The number of carbonyl (C=O) groups is 1. The maximum absolute atomic E-state index is 13.3. The highest BCUT2D eigenvalue weighted by Gasteiger charge is 2.56. The summed E-state index contributed by atoms with van der Waals surface area (Å²) in [7, 11) is 0. The molecule has 0 aliphatic carbocycles. The van der Waals surface area contributed by atoms with Crippen LogP contribution in [0.2, 0.25) is 0 Å². The number of alkyl halides is 3. The number of anilines is 1. The van der Waals surface area contributed by atoms with Crippen LogP contribution in [0.4, 0.5) is 23.7 Å². The van der Waals surface area contributed by atoms with Gasteiger partial charge in [0.15, 0.2) is 0 Å². The minimum atomic E-state index is -4.51. The lowest BCUT2D eigenvalue weighted by atomic mass is 9.89. The standard InChI is InChI=1S/C15H19F3N2O2/c1-2-11-4-3-5-12(10-11)19-13(21)20-14(15(16,17)18)6-8-22-9-7-14/h3-5,10H,2,6-9H2,1H3,(H2,19,20,21). The van der Waals surface area contributed by atoms with Crippen LogP contribution >= 0.6 is 0 Å². The zero-order valence-corrected chi connectivity index (χ0v) is 12.3. The molecule has 0 radical (unpaired) electrons. The molecule has 122 valence electrons. The molecule has 1 aromatic rings. The lowest BCUT2D eigenvalue weighted by molar-refractivity contribution is -0.212. The number of halogens is 3. The molecule has 1 heterocycles. The van der Waals surface area contributed by atoms with E-state index in [9.17, 15) is 18.0 Å². The molecule has 2 rings (SSSR count). The van der Waals surface area contributed by atoms with Crippen molar-refractivity contribution in [3.63, 3.8) is 0 Å². The van der Waals surface area contributed by atoms with Crippen molar-refractivity contribution in [3.05, 3.63) is 29.8 Å². The van der Waals surface area contributed by atoms with E-state index in [2.05, 4.69) is 10.6 Å². The zero-order valence-electron chi connectivity index (χ0n) is 12.3. The first-order valence-corrected chi connectivity index (χ1v) is 7.19. The number of aryl methyl sites for hydroxylation is 1. The Kier molecular flexibility index (Phi) is 4.95. The number of amides is 2. The fraction of sp³-hybridized carbons (Fsp3) is 0.533. The van der Waals surface area contributed by atoms with Gasteiger partial charge in [0.2, 0.25) is 0 Å². The molecule has 1 aromatic carbocycles. The summed E-state index contributed by atoms with van der Waals surface area (Å²) >= 11 is 0. The Balaban J connectivity index is 2.08. The molecule has 1 saturated heterocycles. The summed E-state index contributed by atoms with van der Waals surface area (Å²) < 4.78 is 44.9. The van der Waals surface area contributed by atoms with Gasteiger partial charge in [-0.2, -0.15) is 13.2 Å². The fourth-order valence-corrected chi connectivity index (χ4v) is 2.45. The van der Waals surface area contributed by atoms with E-state index in [0.717, 1.165) is 12.0 Å². The highest BCUT2D eigenvalue weighted by Crippen LogP contribution is 2.38. The SMILES string of the molecule is CCc1cccc(NC(=O)NC2(C(F)(F)F)CCOCC2)c1. The largest absolute Gasteiger partial charge is 0.411 e. The summed E-state index contributed by atoms with van der Waals surface area (Å²) in [6.07, 6.45) is -4.29. The van der Waals surface area contributed by atoms with Gasteiger partial charge < -0.3 is 15.4 Å². The third-order valence-electron chi connectivity index (χ3n) is 3.83. The average molecular weight is 316 g/mol. The molecule has 4 nitrogen and oxygen atoms in total. The lowest BCUT2D eigenvalue weighted by Crippen LogP contribution is -2.62. The number of nitrogens with one attached hydrogen (secondary N) is 2. The van der Waals surface area contributed by atoms with Gasteiger partial charge in [-0.3, -0.25) is 0 Å². The minimum Gasteiger partial charge on any atom is -0.381 e. The van der Waals surface area contributed by atoms with Crippen LogP contribution in [0.3, 0.4) is 0 Å². The Morgan fingerprint density at radius 2 is 2.00 bits per heavy atom. The first kappa shape index (κ1) is 16.6. The van der Waals surface area contributed by atoms with Gasteiger partial charge in [-0.05, 0) is 24.1 Å². The van der Waals surface area contributed by atoms with E-state index in [0.29, 0.717) is 5.69 Å². The minimum absolute atomic E-state index is 0.0227. The number of carbonyl (C=O) groups excluding carboxylic acids is 1. The number of urea groups is 1. The van der Waals surface area contributed by atoms with Crippen LogP contribution in [-0.2, 0) is 11.2 Å². The van der Waals surface area contributed by atoms with Crippen molar-refractivity contribution in [2.45, 2.75) is 37.9 Å². The molecule has 22 heavy (non-hydrogen) atoms. The monoisotopic (exact) mass is 316 g/mol. The molecule has 0 spiro atoms. The molecule has 0 atom stereocenters. The number of hydrogen-bond donors (Lipinski definition) is 2. The third-order valence-corrected chi connectivity index (χ3v) is 3.83. The van der Waals surface area contributed by atoms with E-state index in [-0.39, 0.29) is 26.1 Å². The molecule has 1 aliphatic rings. The van der Waals surface area contributed by atoms with E-state index >= 15 is 0 Å². The van der Waals surface area contributed by atoms with Crippen LogP contribution in [0.15, 0.2) is 24.3 Å². The molecular weight excluding hydrogens is 297 g/mol. The second-order valence-electron chi connectivity index (χ2n) is 5.33. The maximum atomic E-state index is 13.3. The Bertz CT molecular complexity index is 526. The van der Waals surface area contributed by atoms with Gasteiger partial charge in [-0.15, -0.1) is 0 Å². The maximum Gasteiger partial charge on any atom is 0.411 e. The summed E-state index contributed by atoms with van der Waals surface area (Å²) in [6, 6.07) is 6.17. The van der Waals surface area contributed by atoms with Crippen LogP contribution in [-0.4, -0.2) is 31.0 Å². The van der Waals surface area contributed by atoms with Crippen LogP contribution in [0, 0.1) is 0 Å². The topological polar surface area (TPSA) is 50.4 Å². The Hall–Kier alpha value is -1.76. The van der Waals surface area contributed by atoms with Crippen molar-refractivity contribution in [2.75, 3.05) is 18.5 Å².